The number of allylic oxidation sites excluding steroid dienone is 1. The Kier molecular flexibility index (Phi) is 3.41. The Bertz CT molecular complexity index is 328. The van der Waals surface area contributed by atoms with Gasteiger partial charge >= 0.3 is 0 Å². The molecule has 0 unspecified atom stereocenters. The third kappa shape index (κ3) is 2.84. The summed E-state index contributed by atoms with van der Waals surface area (Å²) in [5.74, 6) is 0. The molecule has 0 saturated carbocycles. The smallest absolute Gasteiger partial charge is 0.153 e. The van der Waals surface area contributed by atoms with Crippen LogP contribution in [0.25, 0.3) is 6.08 Å². The van der Waals surface area contributed by atoms with Crippen LogP contribution in [-0.4, -0.2) is 12.6 Å². The fourth-order valence-corrected chi connectivity index (χ4v) is 0.973. The molecule has 1 rings (SSSR count). The third-order valence-electron chi connectivity index (χ3n) is 1.48. The summed E-state index contributed by atoms with van der Waals surface area (Å²) in [4.78, 5) is 20.6. The van der Waals surface area contributed by atoms with Gasteiger partial charge in [-0.1, -0.05) is 23.7 Å². The van der Waals surface area contributed by atoms with Crippen LogP contribution < -0.4 is 0 Å². The molecule has 0 heterocycles. The van der Waals surface area contributed by atoms with E-state index in [-0.39, 0.29) is 5.57 Å². The summed E-state index contributed by atoms with van der Waals surface area (Å²) in [5.41, 5.74) is 0.890. The highest BCUT2D eigenvalue weighted by molar-refractivity contribution is 6.30. The Hall–Kier alpha value is -1.41. The molecular weight excluding hydrogens is 188 g/mol. The van der Waals surface area contributed by atoms with Gasteiger partial charge in [-0.3, -0.25) is 9.59 Å². The Morgan fingerprint density at radius 1 is 1.08 bits per heavy atom. The third-order valence-corrected chi connectivity index (χ3v) is 1.73. The van der Waals surface area contributed by atoms with Crippen LogP contribution in [0.3, 0.4) is 0 Å². The highest BCUT2D eigenvalue weighted by Crippen LogP contribution is 2.11. The van der Waals surface area contributed by atoms with Crippen LogP contribution >= 0.6 is 11.6 Å². The van der Waals surface area contributed by atoms with E-state index >= 15 is 0 Å². The maximum Gasteiger partial charge on any atom is 0.153 e. The molecule has 0 aliphatic rings. The summed E-state index contributed by atoms with van der Waals surface area (Å²) >= 11 is 5.66. The number of benzene rings is 1. The van der Waals surface area contributed by atoms with E-state index in [9.17, 15) is 9.59 Å². The lowest BCUT2D eigenvalue weighted by Crippen LogP contribution is -1.84. The first kappa shape index (κ1) is 9.68. The van der Waals surface area contributed by atoms with Crippen molar-refractivity contribution in [1.29, 1.82) is 0 Å². The molecule has 0 spiro atoms. The van der Waals surface area contributed by atoms with Crippen LogP contribution in [-0.2, 0) is 9.59 Å². The molecule has 13 heavy (non-hydrogen) atoms. The van der Waals surface area contributed by atoms with Crippen LogP contribution in [0.4, 0.5) is 0 Å². The molecule has 0 amide bonds. The van der Waals surface area contributed by atoms with Gasteiger partial charge in [-0.05, 0) is 23.8 Å². The van der Waals surface area contributed by atoms with Crippen LogP contribution in [0.5, 0.6) is 0 Å². The van der Waals surface area contributed by atoms with Crippen LogP contribution in [0.15, 0.2) is 29.8 Å². The van der Waals surface area contributed by atoms with E-state index < -0.39 is 0 Å². The zero-order chi connectivity index (χ0) is 9.68. The van der Waals surface area contributed by atoms with Crippen molar-refractivity contribution in [1.82, 2.24) is 0 Å². The van der Waals surface area contributed by atoms with Crippen LogP contribution in [0.1, 0.15) is 5.56 Å². The molecule has 66 valence electrons. The Labute approximate surface area is 80.8 Å². The first-order chi connectivity index (χ1) is 6.26. The van der Waals surface area contributed by atoms with Crippen molar-refractivity contribution < 1.29 is 9.59 Å². The van der Waals surface area contributed by atoms with Crippen molar-refractivity contribution >= 4 is 30.2 Å². The number of hydrogen-bond acceptors (Lipinski definition) is 2. The van der Waals surface area contributed by atoms with Crippen molar-refractivity contribution in [2.24, 2.45) is 0 Å². The summed E-state index contributed by atoms with van der Waals surface area (Å²) in [6, 6.07) is 6.85. The lowest BCUT2D eigenvalue weighted by molar-refractivity contribution is -0.109. The number of hydrogen-bond donors (Lipinski definition) is 0. The minimum Gasteiger partial charge on any atom is -0.298 e. The second kappa shape index (κ2) is 4.58. The van der Waals surface area contributed by atoms with Crippen molar-refractivity contribution in [3.63, 3.8) is 0 Å². The summed E-state index contributed by atoms with van der Waals surface area (Å²) < 4.78 is 0. The molecule has 1 aromatic carbocycles. The van der Waals surface area contributed by atoms with Crippen molar-refractivity contribution in [2.45, 2.75) is 0 Å². The van der Waals surface area contributed by atoms with E-state index in [1.54, 1.807) is 24.3 Å². The molecule has 0 bridgehead atoms. The number of carbonyl (C=O) groups is 2. The lowest BCUT2D eigenvalue weighted by Gasteiger charge is -1.93. The first-order valence-corrected chi connectivity index (χ1v) is 4.01. The van der Waals surface area contributed by atoms with E-state index in [1.165, 1.54) is 6.08 Å². The van der Waals surface area contributed by atoms with E-state index in [2.05, 4.69) is 0 Å². The Balaban J connectivity index is 2.96. The van der Waals surface area contributed by atoms with Crippen LogP contribution in [0, 0.1) is 0 Å². The highest BCUT2D eigenvalue weighted by atomic mass is 35.5. The summed E-state index contributed by atoms with van der Waals surface area (Å²) in [5, 5.41) is 0.621. The maximum absolute atomic E-state index is 10.3. The summed E-state index contributed by atoms with van der Waals surface area (Å²) in [6.07, 6.45) is 2.53. The topological polar surface area (TPSA) is 34.1 Å². The average molecular weight is 195 g/mol. The largest absolute Gasteiger partial charge is 0.298 e. The fraction of sp³-hybridized carbons (Fsp3) is 0. The van der Waals surface area contributed by atoms with Crippen molar-refractivity contribution in [3.05, 3.63) is 40.4 Å². The molecule has 0 aromatic heterocycles. The Morgan fingerprint density at radius 2 is 1.62 bits per heavy atom. The Morgan fingerprint density at radius 3 is 2.08 bits per heavy atom. The monoisotopic (exact) mass is 194 g/mol. The maximum atomic E-state index is 10.3. The number of carbonyl (C=O) groups excluding carboxylic acids is 2. The number of aldehydes is 2. The second-order valence-corrected chi connectivity index (χ2v) is 2.87. The molecule has 3 heteroatoms. The molecule has 0 aliphatic heterocycles. The number of rotatable bonds is 3. The molecule has 0 N–H and O–H groups in total. The van der Waals surface area contributed by atoms with Crippen molar-refractivity contribution in [2.75, 3.05) is 0 Å². The van der Waals surface area contributed by atoms with Gasteiger partial charge in [-0.15, -0.1) is 0 Å². The van der Waals surface area contributed by atoms with E-state index in [0.717, 1.165) is 5.56 Å². The lowest BCUT2D eigenvalue weighted by atomic mass is 10.1. The molecular formula is C10H7ClO2. The number of halogens is 1. The zero-order valence-electron chi connectivity index (χ0n) is 6.74. The molecule has 2 nitrogen and oxygen atoms in total. The molecule has 0 saturated heterocycles. The van der Waals surface area contributed by atoms with Crippen molar-refractivity contribution in [3.8, 4) is 0 Å². The van der Waals surface area contributed by atoms with E-state index in [4.69, 9.17) is 11.6 Å². The van der Waals surface area contributed by atoms with Gasteiger partial charge < -0.3 is 0 Å². The molecule has 0 atom stereocenters. The highest BCUT2D eigenvalue weighted by Gasteiger charge is 1.93. The van der Waals surface area contributed by atoms with Gasteiger partial charge in [0.1, 0.15) is 0 Å². The normalized spacial score (nSPS) is 9.00. The predicted octanol–water partition coefficient (Wildman–Crippen LogP) is 2.12. The van der Waals surface area contributed by atoms with Gasteiger partial charge in [-0.2, -0.15) is 0 Å². The van der Waals surface area contributed by atoms with Gasteiger partial charge in [-0.25, -0.2) is 0 Å². The summed E-state index contributed by atoms with van der Waals surface area (Å²) in [6.45, 7) is 0. The quantitative estimate of drug-likeness (QED) is 0.320. The summed E-state index contributed by atoms with van der Waals surface area (Å²) in [7, 11) is 0. The van der Waals surface area contributed by atoms with Crippen LogP contribution in [0.2, 0.25) is 5.02 Å². The van der Waals surface area contributed by atoms with Gasteiger partial charge in [0.15, 0.2) is 12.6 Å². The van der Waals surface area contributed by atoms with E-state index in [0.29, 0.717) is 17.6 Å². The minimum atomic E-state index is 0.113. The first-order valence-electron chi connectivity index (χ1n) is 3.64. The minimum absolute atomic E-state index is 0.113. The average Bonchev–Trinajstić information content (AvgIpc) is 2.17. The SMILES string of the molecule is O=CC(C=O)=Cc1ccc(Cl)cc1. The zero-order valence-corrected chi connectivity index (χ0v) is 7.49. The second-order valence-electron chi connectivity index (χ2n) is 2.43. The molecule has 1 aromatic rings. The molecule has 0 fully saturated rings. The van der Waals surface area contributed by atoms with Gasteiger partial charge in [0.2, 0.25) is 0 Å². The molecule has 0 aliphatic carbocycles. The van der Waals surface area contributed by atoms with Gasteiger partial charge in [0.25, 0.3) is 0 Å². The van der Waals surface area contributed by atoms with Gasteiger partial charge in [0, 0.05) is 5.02 Å². The molecule has 0 radical (unpaired) electrons. The van der Waals surface area contributed by atoms with Gasteiger partial charge in [0.05, 0.1) is 5.57 Å². The fourth-order valence-electron chi connectivity index (χ4n) is 0.847. The standard InChI is InChI=1S/C10H7ClO2/c11-10-3-1-8(2-4-10)5-9(6-12)7-13/h1-7H. The van der Waals surface area contributed by atoms with E-state index in [1.807, 2.05) is 0 Å². The predicted molar refractivity (Wildman–Crippen MR) is 51.6 cm³/mol.